The molecule has 1 aliphatic rings. The number of aromatic nitrogens is 3. The van der Waals surface area contributed by atoms with Crippen LogP contribution in [0.4, 0.5) is 24.9 Å². The van der Waals surface area contributed by atoms with E-state index in [1.165, 1.54) is 0 Å². The molecule has 3 N–H and O–H groups in total. The van der Waals surface area contributed by atoms with Crippen molar-refractivity contribution in [2.45, 2.75) is 32.0 Å². The van der Waals surface area contributed by atoms with Gasteiger partial charge in [0, 0.05) is 44.6 Å². The minimum Gasteiger partial charge on any atom is -0.357 e. The first-order chi connectivity index (χ1) is 15.0. The molecule has 0 atom stereocenters. The van der Waals surface area contributed by atoms with Crippen molar-refractivity contribution < 1.29 is 13.2 Å². The number of guanidine groups is 1. The largest absolute Gasteiger partial charge is 0.433 e. The van der Waals surface area contributed by atoms with E-state index in [-0.39, 0.29) is 36.0 Å². The normalized spacial score (nSPS) is 15.1. The number of anilines is 2. The van der Waals surface area contributed by atoms with Crippen molar-refractivity contribution >= 4 is 41.7 Å². The monoisotopic (exact) mass is 564 g/mol. The Morgan fingerprint density at radius 3 is 2.59 bits per heavy atom. The van der Waals surface area contributed by atoms with Crippen molar-refractivity contribution in [3.63, 3.8) is 0 Å². The van der Waals surface area contributed by atoms with Crippen LogP contribution >= 0.6 is 24.0 Å². The average Bonchev–Trinajstić information content (AvgIpc) is 2.77. The first-order valence-corrected chi connectivity index (χ1v) is 10.3. The second kappa shape index (κ2) is 12.6. The Morgan fingerprint density at radius 1 is 1.16 bits per heavy atom. The van der Waals surface area contributed by atoms with Gasteiger partial charge in [-0.05, 0) is 38.0 Å². The van der Waals surface area contributed by atoms with Crippen LogP contribution < -0.4 is 20.9 Å². The van der Waals surface area contributed by atoms with E-state index in [1.807, 2.05) is 25.1 Å². The van der Waals surface area contributed by atoms with Crippen LogP contribution in [0.15, 0.2) is 41.7 Å². The maximum atomic E-state index is 12.7. The fourth-order valence-corrected chi connectivity index (χ4v) is 3.24. The van der Waals surface area contributed by atoms with Crippen molar-refractivity contribution in [1.29, 1.82) is 0 Å². The number of rotatable bonds is 7. The van der Waals surface area contributed by atoms with E-state index >= 15 is 0 Å². The van der Waals surface area contributed by atoms with Crippen LogP contribution in [0, 0.1) is 0 Å². The fraction of sp³-hybridized carbons (Fsp3) is 0.500. The summed E-state index contributed by atoms with van der Waals surface area (Å²) in [4.78, 5) is 18.5. The summed E-state index contributed by atoms with van der Waals surface area (Å²) in [6.45, 7) is 5.18. The van der Waals surface area contributed by atoms with E-state index in [2.05, 4.69) is 40.8 Å². The highest BCUT2D eigenvalue weighted by molar-refractivity contribution is 14.0. The molecular weight excluding hydrogens is 536 g/mol. The van der Waals surface area contributed by atoms with Crippen LogP contribution in [-0.4, -0.2) is 59.7 Å². The van der Waals surface area contributed by atoms with Gasteiger partial charge >= 0.3 is 6.18 Å². The zero-order valence-corrected chi connectivity index (χ0v) is 20.1. The molecule has 176 valence electrons. The van der Waals surface area contributed by atoms with E-state index in [4.69, 9.17) is 0 Å². The van der Waals surface area contributed by atoms with Crippen molar-refractivity contribution in [3.8, 4) is 0 Å². The molecule has 1 fully saturated rings. The van der Waals surface area contributed by atoms with Gasteiger partial charge in [0.15, 0.2) is 5.96 Å². The lowest BCUT2D eigenvalue weighted by Gasteiger charge is -2.33. The molecule has 0 bridgehead atoms. The summed E-state index contributed by atoms with van der Waals surface area (Å²) in [5, 5.41) is 9.43. The Kier molecular flexibility index (Phi) is 10.2. The lowest BCUT2D eigenvalue weighted by Crippen LogP contribution is -2.49. The van der Waals surface area contributed by atoms with E-state index in [0.717, 1.165) is 44.0 Å². The van der Waals surface area contributed by atoms with E-state index in [1.54, 1.807) is 6.20 Å². The van der Waals surface area contributed by atoms with Crippen LogP contribution in [0.3, 0.4) is 0 Å². The molecule has 0 saturated carbocycles. The first-order valence-electron chi connectivity index (χ1n) is 10.3. The number of nitrogens with one attached hydrogen (secondary N) is 3. The molecule has 3 rings (SSSR count). The van der Waals surface area contributed by atoms with Gasteiger partial charge in [-0.2, -0.15) is 13.2 Å². The first kappa shape index (κ1) is 25.9. The Labute approximate surface area is 202 Å². The van der Waals surface area contributed by atoms with Gasteiger partial charge in [-0.25, -0.2) is 15.0 Å². The van der Waals surface area contributed by atoms with Crippen LogP contribution in [0.1, 0.15) is 25.5 Å². The van der Waals surface area contributed by atoms with Crippen molar-refractivity contribution in [1.82, 2.24) is 25.6 Å². The molecule has 3 heterocycles. The minimum absolute atomic E-state index is 0. The van der Waals surface area contributed by atoms with Gasteiger partial charge in [-0.1, -0.05) is 6.07 Å². The number of nitrogens with zero attached hydrogens (tertiary/aromatic N) is 5. The standard InChI is InChI=1S/C20H27F3N8.HI/c1-2-24-18(27-11-12-28-19-26-10-6-16(30-19)20(21,22)23)29-15-7-13-31(14-8-15)17-5-3-4-9-25-17;/h3-6,9-10,15H,2,7-8,11-14H2,1H3,(H2,24,27,29)(H,26,28,30);1H. The van der Waals surface area contributed by atoms with Crippen LogP contribution in [-0.2, 0) is 6.18 Å². The summed E-state index contributed by atoms with van der Waals surface area (Å²) in [5.74, 6) is 1.61. The number of piperidine rings is 1. The SMILES string of the molecule is CCNC(=NCCNc1nccc(C(F)(F)F)n1)NC1CCN(c2ccccn2)CC1.I. The molecule has 0 amide bonds. The molecule has 12 heteroatoms. The van der Waals surface area contributed by atoms with Crippen LogP contribution in [0.2, 0.25) is 0 Å². The van der Waals surface area contributed by atoms with E-state index < -0.39 is 11.9 Å². The van der Waals surface area contributed by atoms with E-state index in [9.17, 15) is 13.2 Å². The van der Waals surface area contributed by atoms with Gasteiger partial charge in [-0.15, -0.1) is 24.0 Å². The number of alkyl halides is 3. The highest BCUT2D eigenvalue weighted by Gasteiger charge is 2.32. The average molecular weight is 564 g/mol. The second-order valence-electron chi connectivity index (χ2n) is 7.04. The number of pyridine rings is 1. The summed E-state index contributed by atoms with van der Waals surface area (Å²) < 4.78 is 38.2. The third-order valence-electron chi connectivity index (χ3n) is 4.76. The summed E-state index contributed by atoms with van der Waals surface area (Å²) >= 11 is 0. The molecule has 32 heavy (non-hydrogen) atoms. The zero-order valence-electron chi connectivity index (χ0n) is 17.8. The fourth-order valence-electron chi connectivity index (χ4n) is 3.24. The predicted octanol–water partition coefficient (Wildman–Crippen LogP) is 3.14. The van der Waals surface area contributed by atoms with Crippen molar-refractivity contribution in [2.75, 3.05) is 42.9 Å². The second-order valence-corrected chi connectivity index (χ2v) is 7.04. The Morgan fingerprint density at radius 2 is 1.94 bits per heavy atom. The number of halogens is 4. The van der Waals surface area contributed by atoms with Crippen molar-refractivity contribution in [3.05, 3.63) is 42.4 Å². The lowest BCUT2D eigenvalue weighted by atomic mass is 10.1. The lowest BCUT2D eigenvalue weighted by molar-refractivity contribution is -0.141. The molecule has 1 saturated heterocycles. The molecule has 0 spiro atoms. The zero-order chi connectivity index (χ0) is 22.1. The molecule has 0 unspecified atom stereocenters. The third-order valence-corrected chi connectivity index (χ3v) is 4.76. The van der Waals surface area contributed by atoms with Gasteiger partial charge < -0.3 is 20.9 Å². The molecule has 8 nitrogen and oxygen atoms in total. The highest BCUT2D eigenvalue weighted by Crippen LogP contribution is 2.27. The van der Waals surface area contributed by atoms with Crippen LogP contribution in [0.25, 0.3) is 0 Å². The summed E-state index contributed by atoms with van der Waals surface area (Å²) in [7, 11) is 0. The molecule has 0 aliphatic carbocycles. The Hall–Kier alpha value is -2.38. The molecule has 2 aromatic heterocycles. The highest BCUT2D eigenvalue weighted by atomic mass is 127. The molecule has 1 aliphatic heterocycles. The van der Waals surface area contributed by atoms with Gasteiger partial charge in [0.25, 0.3) is 0 Å². The van der Waals surface area contributed by atoms with E-state index in [0.29, 0.717) is 25.6 Å². The summed E-state index contributed by atoms with van der Waals surface area (Å²) in [5.41, 5.74) is -0.972. The maximum absolute atomic E-state index is 12.7. The van der Waals surface area contributed by atoms with Crippen molar-refractivity contribution in [2.24, 2.45) is 4.99 Å². The molecule has 0 aromatic carbocycles. The van der Waals surface area contributed by atoms with Crippen LogP contribution in [0.5, 0.6) is 0 Å². The smallest absolute Gasteiger partial charge is 0.357 e. The number of hydrogen-bond donors (Lipinski definition) is 3. The third kappa shape index (κ3) is 7.95. The molecule has 2 aromatic rings. The summed E-state index contributed by atoms with van der Waals surface area (Å²) in [6.07, 6.45) is 0.304. The summed E-state index contributed by atoms with van der Waals surface area (Å²) in [6, 6.07) is 7.04. The maximum Gasteiger partial charge on any atom is 0.433 e. The van der Waals surface area contributed by atoms with Gasteiger partial charge in [-0.3, -0.25) is 4.99 Å². The molecular formula is C20H28F3IN8. The number of aliphatic imine (C=N–C) groups is 1. The van der Waals surface area contributed by atoms with Gasteiger partial charge in [0.05, 0.1) is 6.54 Å². The topological polar surface area (TPSA) is 90.4 Å². The minimum atomic E-state index is -4.49. The Balaban J connectivity index is 0.00000363. The van der Waals surface area contributed by atoms with Gasteiger partial charge in [0.1, 0.15) is 11.5 Å². The predicted molar refractivity (Wildman–Crippen MR) is 130 cm³/mol. The Bertz CT molecular complexity index is 842. The molecule has 0 radical (unpaired) electrons. The van der Waals surface area contributed by atoms with Gasteiger partial charge in [0.2, 0.25) is 5.95 Å². The number of hydrogen-bond acceptors (Lipinski definition) is 6. The quantitative estimate of drug-likeness (QED) is 0.206.